The van der Waals surface area contributed by atoms with E-state index in [0.29, 0.717) is 12.4 Å². The maximum Gasteiger partial charge on any atom is 0.255 e. The Morgan fingerprint density at radius 2 is 1.48 bits per heavy atom. The fourth-order valence-electron chi connectivity index (χ4n) is 2.25. The van der Waals surface area contributed by atoms with Crippen LogP contribution in [0.25, 0.3) is 0 Å². The Kier molecular flexibility index (Phi) is 5.04. The van der Waals surface area contributed by atoms with Gasteiger partial charge in [-0.2, -0.15) is 0 Å². The van der Waals surface area contributed by atoms with Crippen LogP contribution < -0.4 is 10.1 Å². The van der Waals surface area contributed by atoms with Crippen LogP contribution in [-0.4, -0.2) is 5.91 Å². The topological polar surface area (TPSA) is 38.3 Å². The van der Waals surface area contributed by atoms with Gasteiger partial charge in [-0.1, -0.05) is 36.4 Å². The van der Waals surface area contributed by atoms with Gasteiger partial charge in [-0.15, -0.1) is 0 Å². The molecule has 0 aliphatic heterocycles. The molecule has 0 saturated carbocycles. The van der Waals surface area contributed by atoms with Crippen molar-refractivity contribution in [1.29, 1.82) is 0 Å². The molecule has 0 saturated heterocycles. The van der Waals surface area contributed by atoms with Gasteiger partial charge in [0.15, 0.2) is 0 Å². The first-order chi connectivity index (χ1) is 12.1. The van der Waals surface area contributed by atoms with E-state index < -0.39 is 23.2 Å². The van der Waals surface area contributed by atoms with Crippen LogP contribution >= 0.6 is 0 Å². The molecule has 0 heterocycles. The van der Waals surface area contributed by atoms with E-state index in [1.54, 1.807) is 12.1 Å². The fourth-order valence-corrected chi connectivity index (χ4v) is 2.25. The fraction of sp³-hybridized carbons (Fsp3) is 0.0500. The van der Waals surface area contributed by atoms with Crippen molar-refractivity contribution in [2.75, 3.05) is 5.32 Å². The largest absolute Gasteiger partial charge is 0.489 e. The maximum atomic E-state index is 13.6. The first kappa shape index (κ1) is 16.6. The molecule has 0 bridgehead atoms. The van der Waals surface area contributed by atoms with Crippen LogP contribution in [0.15, 0.2) is 72.8 Å². The maximum absolute atomic E-state index is 13.6. The molecule has 0 unspecified atom stereocenters. The number of hydrogen-bond donors (Lipinski definition) is 1. The molecule has 0 atom stereocenters. The number of benzene rings is 3. The predicted molar refractivity (Wildman–Crippen MR) is 91.5 cm³/mol. The van der Waals surface area contributed by atoms with Crippen molar-refractivity contribution < 1.29 is 18.3 Å². The normalized spacial score (nSPS) is 10.3. The molecule has 5 heteroatoms. The molecule has 1 N–H and O–H groups in total. The predicted octanol–water partition coefficient (Wildman–Crippen LogP) is 4.80. The lowest BCUT2D eigenvalue weighted by molar-refractivity contribution is 0.102. The van der Waals surface area contributed by atoms with E-state index in [1.807, 2.05) is 30.3 Å². The van der Waals surface area contributed by atoms with E-state index in [9.17, 15) is 13.6 Å². The average Bonchev–Trinajstić information content (AvgIpc) is 2.64. The number of amides is 1. The van der Waals surface area contributed by atoms with Crippen LogP contribution in [-0.2, 0) is 6.61 Å². The summed E-state index contributed by atoms with van der Waals surface area (Å²) < 4.78 is 32.8. The second-order valence-electron chi connectivity index (χ2n) is 5.35. The van der Waals surface area contributed by atoms with E-state index in [0.717, 1.165) is 17.7 Å². The van der Waals surface area contributed by atoms with Crippen molar-refractivity contribution in [2.24, 2.45) is 0 Å². The van der Waals surface area contributed by atoms with Gasteiger partial charge in [-0.05, 0) is 42.0 Å². The Morgan fingerprint density at radius 3 is 2.12 bits per heavy atom. The van der Waals surface area contributed by atoms with Crippen LogP contribution in [0.3, 0.4) is 0 Å². The van der Waals surface area contributed by atoms with Crippen LogP contribution in [0.1, 0.15) is 15.9 Å². The summed E-state index contributed by atoms with van der Waals surface area (Å²) in [7, 11) is 0. The zero-order valence-corrected chi connectivity index (χ0v) is 13.2. The summed E-state index contributed by atoms with van der Waals surface area (Å²) in [5.74, 6) is -1.65. The number of anilines is 1. The summed E-state index contributed by atoms with van der Waals surface area (Å²) in [5, 5.41) is 2.24. The van der Waals surface area contributed by atoms with Gasteiger partial charge in [0.2, 0.25) is 0 Å². The van der Waals surface area contributed by atoms with Gasteiger partial charge >= 0.3 is 0 Å². The van der Waals surface area contributed by atoms with Gasteiger partial charge in [0, 0.05) is 5.56 Å². The summed E-state index contributed by atoms with van der Waals surface area (Å²) in [6, 6.07) is 19.4. The van der Waals surface area contributed by atoms with E-state index in [1.165, 1.54) is 18.2 Å². The van der Waals surface area contributed by atoms with Crippen molar-refractivity contribution in [2.45, 2.75) is 6.61 Å². The number of halogens is 2. The van der Waals surface area contributed by atoms with Gasteiger partial charge in [0.1, 0.15) is 29.7 Å². The number of nitrogens with one attached hydrogen (secondary N) is 1. The monoisotopic (exact) mass is 339 g/mol. The third-order valence-electron chi connectivity index (χ3n) is 3.57. The Hall–Kier alpha value is -3.21. The highest BCUT2D eigenvalue weighted by molar-refractivity contribution is 6.04. The summed E-state index contributed by atoms with van der Waals surface area (Å²) in [6.45, 7) is 0.410. The quantitative estimate of drug-likeness (QED) is 0.725. The highest BCUT2D eigenvalue weighted by atomic mass is 19.1. The molecule has 0 radical (unpaired) electrons. The highest BCUT2D eigenvalue weighted by Gasteiger charge is 2.13. The van der Waals surface area contributed by atoms with Gasteiger partial charge in [-0.3, -0.25) is 4.79 Å². The van der Waals surface area contributed by atoms with Crippen molar-refractivity contribution in [3.63, 3.8) is 0 Å². The van der Waals surface area contributed by atoms with E-state index in [2.05, 4.69) is 5.32 Å². The molecule has 3 aromatic carbocycles. The average molecular weight is 339 g/mol. The molecule has 0 fully saturated rings. The summed E-state index contributed by atoms with van der Waals surface area (Å²) in [6.07, 6.45) is 0. The molecule has 0 spiro atoms. The SMILES string of the molecule is O=C(Nc1c(F)cccc1F)c1ccc(OCc2ccccc2)cc1. The minimum absolute atomic E-state index is 0.273. The van der Waals surface area contributed by atoms with Gasteiger partial charge in [0.25, 0.3) is 5.91 Å². The molecule has 0 aromatic heterocycles. The molecule has 0 aliphatic carbocycles. The Balaban J connectivity index is 1.64. The van der Waals surface area contributed by atoms with Gasteiger partial charge < -0.3 is 10.1 Å². The Bertz CT molecular complexity index is 844. The molecule has 0 aliphatic rings. The van der Waals surface area contributed by atoms with E-state index in [4.69, 9.17) is 4.74 Å². The number of para-hydroxylation sites is 1. The molecule has 1 amide bonds. The standard InChI is InChI=1S/C20H15F2NO2/c21-17-7-4-8-18(22)19(17)23-20(24)15-9-11-16(12-10-15)25-13-14-5-2-1-3-6-14/h1-12H,13H2,(H,23,24). The minimum Gasteiger partial charge on any atom is -0.489 e. The number of hydrogen-bond acceptors (Lipinski definition) is 2. The van der Waals surface area contributed by atoms with Crippen molar-refractivity contribution in [3.8, 4) is 5.75 Å². The first-order valence-electron chi connectivity index (χ1n) is 7.65. The Labute approximate surface area is 143 Å². The third kappa shape index (κ3) is 4.20. The van der Waals surface area contributed by atoms with Crippen LogP contribution in [0.2, 0.25) is 0 Å². The highest BCUT2D eigenvalue weighted by Crippen LogP contribution is 2.20. The lowest BCUT2D eigenvalue weighted by Crippen LogP contribution is -2.14. The van der Waals surface area contributed by atoms with E-state index >= 15 is 0 Å². The van der Waals surface area contributed by atoms with Gasteiger partial charge in [0.05, 0.1) is 0 Å². The van der Waals surface area contributed by atoms with Crippen molar-refractivity contribution in [1.82, 2.24) is 0 Å². The van der Waals surface area contributed by atoms with Crippen LogP contribution in [0.5, 0.6) is 5.75 Å². The second-order valence-corrected chi connectivity index (χ2v) is 5.35. The van der Waals surface area contributed by atoms with Crippen LogP contribution in [0.4, 0.5) is 14.5 Å². The molecular weight excluding hydrogens is 324 g/mol. The molecule has 3 nitrogen and oxygen atoms in total. The van der Waals surface area contributed by atoms with Crippen LogP contribution in [0, 0.1) is 11.6 Å². The smallest absolute Gasteiger partial charge is 0.255 e. The first-order valence-corrected chi connectivity index (χ1v) is 7.65. The Morgan fingerprint density at radius 1 is 0.840 bits per heavy atom. The number of carbonyl (C=O) groups excluding carboxylic acids is 1. The number of ether oxygens (including phenoxy) is 1. The molecule has 3 rings (SSSR count). The van der Waals surface area contributed by atoms with Gasteiger partial charge in [-0.25, -0.2) is 8.78 Å². The van der Waals surface area contributed by atoms with Crippen molar-refractivity contribution in [3.05, 3.63) is 95.6 Å². The minimum atomic E-state index is -0.823. The van der Waals surface area contributed by atoms with E-state index in [-0.39, 0.29) is 5.56 Å². The third-order valence-corrected chi connectivity index (χ3v) is 3.57. The zero-order chi connectivity index (χ0) is 17.6. The zero-order valence-electron chi connectivity index (χ0n) is 13.2. The number of rotatable bonds is 5. The molecule has 126 valence electrons. The summed E-state index contributed by atoms with van der Waals surface area (Å²) in [5.41, 5.74) is 0.839. The lowest BCUT2D eigenvalue weighted by atomic mass is 10.2. The second kappa shape index (κ2) is 7.57. The summed E-state index contributed by atoms with van der Waals surface area (Å²) in [4.78, 5) is 12.1. The molecule has 3 aromatic rings. The molecule has 25 heavy (non-hydrogen) atoms. The summed E-state index contributed by atoms with van der Waals surface area (Å²) >= 11 is 0. The van der Waals surface area contributed by atoms with Crippen molar-refractivity contribution >= 4 is 11.6 Å². The molecular formula is C20H15F2NO2. The lowest BCUT2D eigenvalue weighted by Gasteiger charge is -2.09. The number of carbonyl (C=O) groups is 1.